The van der Waals surface area contributed by atoms with Crippen LogP contribution in [-0.2, 0) is 17.8 Å². The molecule has 0 aromatic heterocycles. The van der Waals surface area contributed by atoms with Crippen LogP contribution in [0.3, 0.4) is 0 Å². The summed E-state index contributed by atoms with van der Waals surface area (Å²) in [6.45, 7) is 2.20. The van der Waals surface area contributed by atoms with Gasteiger partial charge in [-0.3, -0.25) is 4.79 Å². The zero-order valence-corrected chi connectivity index (χ0v) is 13.0. The fourth-order valence-electron chi connectivity index (χ4n) is 2.86. The fraction of sp³-hybridized carbons (Fsp3) is 0.533. The van der Waals surface area contributed by atoms with E-state index in [1.807, 2.05) is 6.07 Å². The number of hydrogen-bond acceptors (Lipinski definition) is 3. The monoisotopic (exact) mass is 338 g/mol. The largest absolute Gasteiger partial charge is 0.493 e. The topological polar surface area (TPSA) is 50.4 Å². The summed E-state index contributed by atoms with van der Waals surface area (Å²) in [6.07, 6.45) is 4.16. The molecule has 108 valence electrons. The highest BCUT2D eigenvalue weighted by Gasteiger charge is 2.22. The van der Waals surface area contributed by atoms with Crippen molar-refractivity contribution in [3.8, 4) is 5.75 Å². The molecular weight excluding hydrogens is 320 g/mol. The highest BCUT2D eigenvalue weighted by molar-refractivity contribution is 9.10. The second-order valence-electron chi connectivity index (χ2n) is 5.37. The SMILES string of the molecule is O=C(NCc1cc(Br)cc2c1OCC2)C1CCCCN1. The van der Waals surface area contributed by atoms with E-state index in [4.69, 9.17) is 4.74 Å². The number of halogens is 1. The third-order valence-electron chi connectivity index (χ3n) is 3.91. The lowest BCUT2D eigenvalue weighted by Crippen LogP contribution is -2.46. The van der Waals surface area contributed by atoms with Gasteiger partial charge in [0.2, 0.25) is 5.91 Å². The van der Waals surface area contributed by atoms with Crippen LogP contribution in [0.4, 0.5) is 0 Å². The van der Waals surface area contributed by atoms with Crippen LogP contribution < -0.4 is 15.4 Å². The van der Waals surface area contributed by atoms with Crippen molar-refractivity contribution in [3.05, 3.63) is 27.7 Å². The molecule has 1 unspecified atom stereocenters. The third-order valence-corrected chi connectivity index (χ3v) is 4.36. The Morgan fingerprint density at radius 2 is 2.35 bits per heavy atom. The molecule has 1 saturated heterocycles. The number of amides is 1. The molecule has 0 radical (unpaired) electrons. The molecule has 0 spiro atoms. The Morgan fingerprint density at radius 1 is 1.45 bits per heavy atom. The van der Waals surface area contributed by atoms with Gasteiger partial charge in [-0.15, -0.1) is 0 Å². The van der Waals surface area contributed by atoms with E-state index < -0.39 is 0 Å². The average Bonchev–Trinajstić information content (AvgIpc) is 2.93. The zero-order chi connectivity index (χ0) is 13.9. The molecule has 5 heteroatoms. The molecule has 0 saturated carbocycles. The molecule has 2 N–H and O–H groups in total. The summed E-state index contributed by atoms with van der Waals surface area (Å²) in [5, 5.41) is 6.29. The van der Waals surface area contributed by atoms with Gasteiger partial charge in [-0.1, -0.05) is 22.4 Å². The highest BCUT2D eigenvalue weighted by atomic mass is 79.9. The number of ether oxygens (including phenoxy) is 1. The van der Waals surface area contributed by atoms with E-state index in [2.05, 4.69) is 32.6 Å². The first kappa shape index (κ1) is 13.9. The zero-order valence-electron chi connectivity index (χ0n) is 11.4. The molecule has 0 aliphatic carbocycles. The molecule has 20 heavy (non-hydrogen) atoms. The average molecular weight is 339 g/mol. The smallest absolute Gasteiger partial charge is 0.237 e. The number of piperidine rings is 1. The summed E-state index contributed by atoms with van der Waals surface area (Å²) >= 11 is 3.52. The van der Waals surface area contributed by atoms with E-state index in [1.54, 1.807) is 0 Å². The van der Waals surface area contributed by atoms with Crippen LogP contribution in [0.5, 0.6) is 5.75 Å². The minimum absolute atomic E-state index is 0.0372. The minimum atomic E-state index is -0.0372. The summed E-state index contributed by atoms with van der Waals surface area (Å²) in [4.78, 5) is 12.1. The molecule has 2 heterocycles. The molecule has 1 fully saturated rings. The standard InChI is InChI=1S/C15H19BrN2O2/c16-12-7-10-4-6-20-14(10)11(8-12)9-18-15(19)13-3-1-2-5-17-13/h7-8,13,17H,1-6,9H2,(H,18,19). The van der Waals surface area contributed by atoms with E-state index >= 15 is 0 Å². The molecule has 0 bridgehead atoms. The van der Waals surface area contributed by atoms with E-state index in [0.717, 1.165) is 54.6 Å². The first-order valence-electron chi connectivity index (χ1n) is 7.19. The molecule has 2 aliphatic rings. The van der Waals surface area contributed by atoms with Gasteiger partial charge in [0.1, 0.15) is 5.75 Å². The van der Waals surface area contributed by atoms with Gasteiger partial charge in [-0.2, -0.15) is 0 Å². The van der Waals surface area contributed by atoms with Gasteiger partial charge in [-0.25, -0.2) is 0 Å². The minimum Gasteiger partial charge on any atom is -0.493 e. The maximum absolute atomic E-state index is 12.1. The van der Waals surface area contributed by atoms with Crippen molar-refractivity contribution in [2.75, 3.05) is 13.2 Å². The van der Waals surface area contributed by atoms with Gasteiger partial charge in [-0.05, 0) is 37.1 Å². The molecule has 2 aliphatic heterocycles. The number of fused-ring (bicyclic) bond motifs is 1. The fourth-order valence-corrected chi connectivity index (χ4v) is 3.41. The summed E-state index contributed by atoms with van der Waals surface area (Å²) in [7, 11) is 0. The van der Waals surface area contributed by atoms with Gasteiger partial charge in [0.05, 0.1) is 12.6 Å². The van der Waals surface area contributed by atoms with Gasteiger partial charge in [0.25, 0.3) is 0 Å². The van der Waals surface area contributed by atoms with Crippen LogP contribution >= 0.6 is 15.9 Å². The molecular formula is C15H19BrN2O2. The van der Waals surface area contributed by atoms with E-state index in [9.17, 15) is 4.79 Å². The summed E-state index contributed by atoms with van der Waals surface area (Å²) in [6, 6.07) is 4.08. The maximum atomic E-state index is 12.1. The van der Waals surface area contributed by atoms with Gasteiger partial charge in [0.15, 0.2) is 0 Å². The van der Waals surface area contributed by atoms with Crippen LogP contribution in [-0.4, -0.2) is 25.1 Å². The van der Waals surface area contributed by atoms with Crippen LogP contribution in [0.2, 0.25) is 0 Å². The second kappa shape index (κ2) is 6.14. The van der Waals surface area contributed by atoms with Crippen molar-refractivity contribution in [2.45, 2.75) is 38.3 Å². The quantitative estimate of drug-likeness (QED) is 0.887. The lowest BCUT2D eigenvalue weighted by Gasteiger charge is -2.22. The Morgan fingerprint density at radius 3 is 3.15 bits per heavy atom. The maximum Gasteiger partial charge on any atom is 0.237 e. The molecule has 3 rings (SSSR count). The van der Waals surface area contributed by atoms with Crippen molar-refractivity contribution in [2.24, 2.45) is 0 Å². The molecule has 1 aromatic carbocycles. The number of carbonyl (C=O) groups excluding carboxylic acids is 1. The third kappa shape index (κ3) is 2.99. The molecule has 1 amide bonds. The van der Waals surface area contributed by atoms with E-state index in [1.165, 1.54) is 5.56 Å². The van der Waals surface area contributed by atoms with E-state index in [0.29, 0.717) is 6.54 Å². The van der Waals surface area contributed by atoms with Crippen molar-refractivity contribution < 1.29 is 9.53 Å². The van der Waals surface area contributed by atoms with Gasteiger partial charge >= 0.3 is 0 Å². The Labute approximate surface area is 127 Å². The lowest BCUT2D eigenvalue weighted by molar-refractivity contribution is -0.123. The Hall–Kier alpha value is -1.07. The number of nitrogens with one attached hydrogen (secondary N) is 2. The van der Waals surface area contributed by atoms with Crippen LogP contribution in [0.25, 0.3) is 0 Å². The lowest BCUT2D eigenvalue weighted by atomic mass is 10.0. The number of benzene rings is 1. The van der Waals surface area contributed by atoms with E-state index in [-0.39, 0.29) is 11.9 Å². The summed E-state index contributed by atoms with van der Waals surface area (Å²) in [5.41, 5.74) is 2.27. The summed E-state index contributed by atoms with van der Waals surface area (Å²) in [5.74, 6) is 1.04. The van der Waals surface area contributed by atoms with Gasteiger partial charge < -0.3 is 15.4 Å². The summed E-state index contributed by atoms with van der Waals surface area (Å²) < 4.78 is 6.72. The predicted molar refractivity (Wildman–Crippen MR) is 80.8 cm³/mol. The van der Waals surface area contributed by atoms with Crippen LogP contribution in [0.1, 0.15) is 30.4 Å². The normalized spacial score (nSPS) is 21.1. The molecule has 4 nitrogen and oxygen atoms in total. The van der Waals surface area contributed by atoms with Crippen molar-refractivity contribution in [3.63, 3.8) is 0 Å². The molecule has 1 atom stereocenters. The number of rotatable bonds is 3. The number of hydrogen-bond donors (Lipinski definition) is 2. The van der Waals surface area contributed by atoms with Crippen molar-refractivity contribution in [1.29, 1.82) is 0 Å². The predicted octanol–water partition coefficient (Wildman–Crippen LogP) is 2.14. The number of carbonyl (C=O) groups is 1. The van der Waals surface area contributed by atoms with Crippen molar-refractivity contribution >= 4 is 21.8 Å². The Kier molecular flexibility index (Phi) is 4.27. The first-order chi connectivity index (χ1) is 9.74. The molecule has 1 aromatic rings. The Balaban J connectivity index is 1.65. The van der Waals surface area contributed by atoms with Crippen LogP contribution in [0.15, 0.2) is 16.6 Å². The van der Waals surface area contributed by atoms with Gasteiger partial charge in [0, 0.05) is 23.0 Å². The van der Waals surface area contributed by atoms with Crippen LogP contribution in [0, 0.1) is 0 Å². The highest BCUT2D eigenvalue weighted by Crippen LogP contribution is 2.32. The Bertz CT molecular complexity index is 513. The first-order valence-corrected chi connectivity index (χ1v) is 7.98. The van der Waals surface area contributed by atoms with Crippen molar-refractivity contribution in [1.82, 2.24) is 10.6 Å². The second-order valence-corrected chi connectivity index (χ2v) is 6.29.